The molecule has 2 aromatic rings. The SMILES string of the molecule is COc1ccc(C2OC2c2ccc([N+](=O)[O-])cc2)cc1. The van der Waals surface area contributed by atoms with Gasteiger partial charge in [0.05, 0.1) is 12.0 Å². The van der Waals surface area contributed by atoms with Crippen molar-refractivity contribution in [2.24, 2.45) is 0 Å². The predicted molar refractivity (Wildman–Crippen MR) is 72.7 cm³/mol. The van der Waals surface area contributed by atoms with Gasteiger partial charge in [-0.3, -0.25) is 10.1 Å². The van der Waals surface area contributed by atoms with Gasteiger partial charge in [-0.05, 0) is 35.4 Å². The second kappa shape index (κ2) is 4.94. The average Bonchev–Trinajstić information content (AvgIpc) is 3.28. The Morgan fingerprint density at radius 3 is 1.95 bits per heavy atom. The number of ether oxygens (including phenoxy) is 2. The molecule has 0 aliphatic carbocycles. The number of benzene rings is 2. The molecule has 2 aromatic carbocycles. The number of nitro groups is 1. The van der Waals surface area contributed by atoms with Gasteiger partial charge < -0.3 is 9.47 Å². The standard InChI is InChI=1S/C15H13NO4/c1-19-13-8-4-11(5-9-13)15-14(20-15)10-2-6-12(7-3-10)16(17)18/h2-9,14-15H,1H3. The molecule has 1 aliphatic rings. The number of hydrogen-bond acceptors (Lipinski definition) is 4. The summed E-state index contributed by atoms with van der Waals surface area (Å²) in [6, 6.07) is 14.2. The third kappa shape index (κ3) is 2.35. The summed E-state index contributed by atoms with van der Waals surface area (Å²) >= 11 is 0. The second-order valence-electron chi connectivity index (χ2n) is 4.60. The number of epoxide rings is 1. The molecular formula is C15H13NO4. The van der Waals surface area contributed by atoms with Crippen LogP contribution in [0.25, 0.3) is 0 Å². The maximum absolute atomic E-state index is 10.6. The lowest BCUT2D eigenvalue weighted by Crippen LogP contribution is -1.89. The molecule has 5 heteroatoms. The van der Waals surface area contributed by atoms with E-state index in [0.29, 0.717) is 0 Å². The van der Waals surface area contributed by atoms with Crippen molar-refractivity contribution in [1.29, 1.82) is 0 Å². The molecule has 0 aromatic heterocycles. The highest BCUT2D eigenvalue weighted by atomic mass is 16.6. The molecule has 0 bridgehead atoms. The normalized spacial score (nSPS) is 20.4. The fourth-order valence-corrected chi connectivity index (χ4v) is 2.20. The third-order valence-corrected chi connectivity index (χ3v) is 3.37. The van der Waals surface area contributed by atoms with Gasteiger partial charge in [0.2, 0.25) is 0 Å². The molecule has 5 nitrogen and oxygen atoms in total. The quantitative estimate of drug-likeness (QED) is 0.485. The summed E-state index contributed by atoms with van der Waals surface area (Å²) in [5.74, 6) is 0.807. The zero-order chi connectivity index (χ0) is 14.1. The van der Waals surface area contributed by atoms with Crippen molar-refractivity contribution in [3.63, 3.8) is 0 Å². The van der Waals surface area contributed by atoms with Crippen LogP contribution in [0.5, 0.6) is 5.75 Å². The van der Waals surface area contributed by atoms with Gasteiger partial charge >= 0.3 is 0 Å². The fraction of sp³-hybridized carbons (Fsp3) is 0.200. The van der Waals surface area contributed by atoms with Gasteiger partial charge in [-0.1, -0.05) is 12.1 Å². The Morgan fingerprint density at radius 1 is 1.00 bits per heavy atom. The van der Waals surface area contributed by atoms with Crippen LogP contribution >= 0.6 is 0 Å². The fourth-order valence-electron chi connectivity index (χ4n) is 2.20. The molecule has 1 fully saturated rings. The van der Waals surface area contributed by atoms with Crippen LogP contribution in [0.15, 0.2) is 48.5 Å². The van der Waals surface area contributed by atoms with Crippen LogP contribution in [0.4, 0.5) is 5.69 Å². The number of nitrogens with zero attached hydrogens (tertiary/aromatic N) is 1. The topological polar surface area (TPSA) is 64.9 Å². The van der Waals surface area contributed by atoms with Gasteiger partial charge in [0.25, 0.3) is 5.69 Å². The first-order valence-corrected chi connectivity index (χ1v) is 6.23. The smallest absolute Gasteiger partial charge is 0.269 e. The van der Waals surface area contributed by atoms with Crippen LogP contribution in [0.1, 0.15) is 23.3 Å². The number of methoxy groups -OCH3 is 1. The van der Waals surface area contributed by atoms with Crippen molar-refractivity contribution < 1.29 is 14.4 Å². The first-order valence-electron chi connectivity index (χ1n) is 6.23. The van der Waals surface area contributed by atoms with E-state index < -0.39 is 4.92 Å². The first kappa shape index (κ1) is 12.6. The molecule has 1 heterocycles. The average molecular weight is 271 g/mol. The summed E-state index contributed by atoms with van der Waals surface area (Å²) < 4.78 is 10.8. The van der Waals surface area contributed by atoms with E-state index in [1.54, 1.807) is 19.2 Å². The van der Waals surface area contributed by atoms with E-state index in [1.807, 2.05) is 24.3 Å². The highest BCUT2D eigenvalue weighted by Gasteiger charge is 2.41. The van der Waals surface area contributed by atoms with E-state index in [-0.39, 0.29) is 17.9 Å². The van der Waals surface area contributed by atoms with Crippen LogP contribution in [0.2, 0.25) is 0 Å². The molecule has 0 saturated carbocycles. The highest BCUT2D eigenvalue weighted by molar-refractivity contribution is 5.38. The minimum absolute atomic E-state index is 0.0161. The van der Waals surface area contributed by atoms with Gasteiger partial charge in [0, 0.05) is 12.1 Å². The molecule has 0 spiro atoms. The molecule has 20 heavy (non-hydrogen) atoms. The molecule has 0 radical (unpaired) electrons. The second-order valence-corrected chi connectivity index (χ2v) is 4.60. The summed E-state index contributed by atoms with van der Waals surface area (Å²) in [6.07, 6.45) is -0.00781. The number of nitro benzene ring substituents is 1. The first-order chi connectivity index (χ1) is 9.69. The molecule has 3 rings (SSSR count). The summed E-state index contributed by atoms with van der Waals surface area (Å²) in [5.41, 5.74) is 2.13. The minimum atomic E-state index is -0.404. The van der Waals surface area contributed by atoms with Crippen LogP contribution in [0.3, 0.4) is 0 Å². The van der Waals surface area contributed by atoms with E-state index in [4.69, 9.17) is 9.47 Å². The molecular weight excluding hydrogens is 258 g/mol. The van der Waals surface area contributed by atoms with Crippen molar-refractivity contribution in [3.8, 4) is 5.75 Å². The van der Waals surface area contributed by atoms with Crippen LogP contribution in [0, 0.1) is 10.1 Å². The van der Waals surface area contributed by atoms with Crippen molar-refractivity contribution >= 4 is 5.69 Å². The monoisotopic (exact) mass is 271 g/mol. The molecule has 0 amide bonds. The summed E-state index contributed by atoms with van der Waals surface area (Å²) in [7, 11) is 1.63. The van der Waals surface area contributed by atoms with Crippen molar-refractivity contribution in [3.05, 3.63) is 69.8 Å². The van der Waals surface area contributed by atoms with Crippen molar-refractivity contribution in [2.45, 2.75) is 12.2 Å². The van der Waals surface area contributed by atoms with E-state index in [0.717, 1.165) is 16.9 Å². The minimum Gasteiger partial charge on any atom is -0.497 e. The van der Waals surface area contributed by atoms with Crippen molar-refractivity contribution in [2.75, 3.05) is 7.11 Å². The predicted octanol–water partition coefficient (Wildman–Crippen LogP) is 3.42. The van der Waals surface area contributed by atoms with Gasteiger partial charge in [-0.15, -0.1) is 0 Å². The number of non-ortho nitro benzene ring substituents is 1. The van der Waals surface area contributed by atoms with Gasteiger partial charge in [-0.25, -0.2) is 0 Å². The molecule has 102 valence electrons. The Bertz CT molecular complexity index is 621. The van der Waals surface area contributed by atoms with Crippen LogP contribution in [-0.4, -0.2) is 12.0 Å². The summed E-state index contributed by atoms with van der Waals surface area (Å²) in [6.45, 7) is 0. The van der Waals surface area contributed by atoms with E-state index in [9.17, 15) is 10.1 Å². The van der Waals surface area contributed by atoms with E-state index in [1.165, 1.54) is 12.1 Å². The largest absolute Gasteiger partial charge is 0.497 e. The van der Waals surface area contributed by atoms with E-state index >= 15 is 0 Å². The molecule has 0 N–H and O–H groups in total. The summed E-state index contributed by atoms with van der Waals surface area (Å²) in [5, 5.41) is 10.6. The van der Waals surface area contributed by atoms with Crippen LogP contribution < -0.4 is 4.74 Å². The Labute approximate surface area is 115 Å². The van der Waals surface area contributed by atoms with E-state index in [2.05, 4.69) is 0 Å². The third-order valence-electron chi connectivity index (χ3n) is 3.37. The molecule has 2 unspecified atom stereocenters. The molecule has 2 atom stereocenters. The summed E-state index contributed by atoms with van der Waals surface area (Å²) in [4.78, 5) is 10.2. The zero-order valence-electron chi connectivity index (χ0n) is 10.9. The van der Waals surface area contributed by atoms with Crippen molar-refractivity contribution in [1.82, 2.24) is 0 Å². The highest BCUT2D eigenvalue weighted by Crippen LogP contribution is 2.51. The van der Waals surface area contributed by atoms with Gasteiger partial charge in [-0.2, -0.15) is 0 Å². The van der Waals surface area contributed by atoms with Gasteiger partial charge in [0.1, 0.15) is 18.0 Å². The number of rotatable bonds is 4. The maximum atomic E-state index is 10.6. The lowest BCUT2D eigenvalue weighted by atomic mass is 10.0. The Hall–Kier alpha value is -2.40. The lowest BCUT2D eigenvalue weighted by Gasteiger charge is -2.00. The van der Waals surface area contributed by atoms with Gasteiger partial charge in [0.15, 0.2) is 0 Å². The Morgan fingerprint density at radius 2 is 1.50 bits per heavy atom. The molecule has 1 saturated heterocycles. The Kier molecular flexibility index (Phi) is 3.12. The molecule has 1 aliphatic heterocycles. The lowest BCUT2D eigenvalue weighted by molar-refractivity contribution is -0.384. The maximum Gasteiger partial charge on any atom is 0.269 e. The number of hydrogen-bond donors (Lipinski definition) is 0. The van der Waals surface area contributed by atoms with Crippen LogP contribution in [-0.2, 0) is 4.74 Å². The Balaban J connectivity index is 1.73. The zero-order valence-corrected chi connectivity index (χ0v) is 10.9.